The van der Waals surface area contributed by atoms with E-state index in [0.29, 0.717) is 11.8 Å². The van der Waals surface area contributed by atoms with Gasteiger partial charge in [-0.25, -0.2) is 0 Å². The molecule has 4 aromatic rings. The lowest BCUT2D eigenvalue weighted by Gasteiger charge is -2.36. The summed E-state index contributed by atoms with van der Waals surface area (Å²) in [7, 11) is 0. The number of benzene rings is 4. The normalized spacial score (nSPS) is 23.3. The molecule has 0 saturated carbocycles. The highest BCUT2D eigenvalue weighted by Gasteiger charge is 2.40. The molecule has 5 aliphatic rings. The van der Waals surface area contributed by atoms with E-state index < -0.39 is 0 Å². The molecule has 0 fully saturated rings. The second kappa shape index (κ2) is 9.62. The first-order valence-electron chi connectivity index (χ1n) is 16.1. The Kier molecular flexibility index (Phi) is 5.62. The van der Waals surface area contributed by atoms with Gasteiger partial charge in [-0.3, -0.25) is 0 Å². The zero-order valence-electron chi connectivity index (χ0n) is 25.3. The molecule has 4 aromatic carbocycles. The van der Waals surface area contributed by atoms with E-state index in [1.54, 1.807) is 0 Å². The molecule has 216 valence electrons. The Morgan fingerprint density at radius 3 is 2.39 bits per heavy atom. The molecule has 0 amide bonds. The van der Waals surface area contributed by atoms with Gasteiger partial charge in [-0.15, -0.1) is 0 Å². The first-order valence-corrected chi connectivity index (χ1v) is 16.1. The Bertz CT molecular complexity index is 1950. The van der Waals surface area contributed by atoms with E-state index in [1.165, 1.54) is 67.3 Å². The number of allylic oxidation sites excluding steroid dienone is 4. The second-order valence-electron chi connectivity index (χ2n) is 13.3. The van der Waals surface area contributed by atoms with Crippen LogP contribution in [0.4, 0.5) is 17.1 Å². The van der Waals surface area contributed by atoms with Crippen LogP contribution in [0.5, 0.6) is 0 Å². The van der Waals surface area contributed by atoms with Crippen molar-refractivity contribution in [1.82, 2.24) is 5.32 Å². The highest BCUT2D eigenvalue weighted by Crippen LogP contribution is 2.53. The second-order valence-corrected chi connectivity index (χ2v) is 13.3. The minimum atomic E-state index is -0.110. The zero-order chi connectivity index (χ0) is 29.4. The summed E-state index contributed by atoms with van der Waals surface area (Å²) in [6, 6.07) is 32.0. The van der Waals surface area contributed by atoms with E-state index in [9.17, 15) is 0 Å². The molecule has 9 rings (SSSR count). The maximum atomic E-state index is 3.92. The maximum Gasteiger partial charge on any atom is 0.0808 e. The molecule has 0 radical (unpaired) electrons. The standard InChI is InChI=1S/C41H37N3/c1-41(2)34-18-8-5-14-29(34)27-12-3-4-13-28(27)33-24-26-21-23-44(38(26)25-35(33)41)37-20-10-7-16-31(37)40-32-17-11-22-42-39(32)30-15-6-9-19-36(30)43-40/h3-20,24-25,27-28,40,42-43H,21-23H2,1-2H3. The summed E-state index contributed by atoms with van der Waals surface area (Å²) < 4.78 is 0. The van der Waals surface area contributed by atoms with E-state index in [0.717, 1.165) is 19.5 Å². The van der Waals surface area contributed by atoms with Gasteiger partial charge in [-0.2, -0.15) is 0 Å². The largest absolute Gasteiger partial charge is 0.381 e. The molecule has 3 aliphatic heterocycles. The number of rotatable bonds is 2. The molecule has 44 heavy (non-hydrogen) atoms. The number of fused-ring (bicyclic) bond motifs is 8. The fourth-order valence-corrected chi connectivity index (χ4v) is 8.53. The van der Waals surface area contributed by atoms with Gasteiger partial charge in [0, 0.05) is 69.8 Å². The fourth-order valence-electron chi connectivity index (χ4n) is 8.53. The molecule has 3 unspecified atom stereocenters. The lowest BCUT2D eigenvalue weighted by atomic mass is 9.75. The summed E-state index contributed by atoms with van der Waals surface area (Å²) >= 11 is 0. The summed E-state index contributed by atoms with van der Waals surface area (Å²) in [5.74, 6) is 0.722. The van der Waals surface area contributed by atoms with Gasteiger partial charge in [0.2, 0.25) is 0 Å². The van der Waals surface area contributed by atoms with Crippen LogP contribution in [-0.4, -0.2) is 13.1 Å². The number of nitrogens with zero attached hydrogens (tertiary/aromatic N) is 1. The topological polar surface area (TPSA) is 27.3 Å². The van der Waals surface area contributed by atoms with Gasteiger partial charge in [0.25, 0.3) is 0 Å². The van der Waals surface area contributed by atoms with Crippen LogP contribution in [0.1, 0.15) is 70.7 Å². The van der Waals surface area contributed by atoms with E-state index in [4.69, 9.17) is 0 Å². The van der Waals surface area contributed by atoms with E-state index in [2.05, 4.69) is 151 Å². The average Bonchev–Trinajstić information content (AvgIpc) is 3.47. The smallest absolute Gasteiger partial charge is 0.0808 e. The van der Waals surface area contributed by atoms with Gasteiger partial charge in [0.05, 0.1) is 6.04 Å². The van der Waals surface area contributed by atoms with Crippen LogP contribution in [0.15, 0.2) is 127 Å². The van der Waals surface area contributed by atoms with Crippen molar-refractivity contribution < 1.29 is 0 Å². The third-order valence-corrected chi connectivity index (χ3v) is 10.6. The third kappa shape index (κ3) is 3.68. The highest BCUT2D eigenvalue weighted by atomic mass is 15.2. The molecule has 0 bridgehead atoms. The third-order valence-electron chi connectivity index (χ3n) is 10.6. The number of dihydropyridines is 1. The minimum absolute atomic E-state index is 0.0632. The van der Waals surface area contributed by atoms with Crippen molar-refractivity contribution in [3.63, 3.8) is 0 Å². The lowest BCUT2D eigenvalue weighted by molar-refractivity contribution is 0.635. The lowest BCUT2D eigenvalue weighted by Crippen LogP contribution is -2.29. The summed E-state index contributed by atoms with van der Waals surface area (Å²) in [6.07, 6.45) is 14.9. The van der Waals surface area contributed by atoms with Gasteiger partial charge in [-0.1, -0.05) is 117 Å². The van der Waals surface area contributed by atoms with Crippen molar-refractivity contribution in [1.29, 1.82) is 0 Å². The molecule has 3 atom stereocenters. The van der Waals surface area contributed by atoms with E-state index >= 15 is 0 Å². The molecule has 0 spiro atoms. The number of para-hydroxylation sites is 2. The van der Waals surface area contributed by atoms with E-state index in [1.807, 2.05) is 0 Å². The molecule has 2 N–H and O–H groups in total. The van der Waals surface area contributed by atoms with Gasteiger partial charge >= 0.3 is 0 Å². The van der Waals surface area contributed by atoms with E-state index in [-0.39, 0.29) is 11.5 Å². The zero-order valence-corrected chi connectivity index (χ0v) is 25.3. The molecule has 3 nitrogen and oxygen atoms in total. The molecular weight excluding hydrogens is 534 g/mol. The van der Waals surface area contributed by atoms with Crippen molar-refractivity contribution in [2.75, 3.05) is 23.3 Å². The predicted octanol–water partition coefficient (Wildman–Crippen LogP) is 9.05. The van der Waals surface area contributed by atoms with Gasteiger partial charge in [0.1, 0.15) is 0 Å². The summed E-state index contributed by atoms with van der Waals surface area (Å²) in [5.41, 5.74) is 16.2. The molecular formula is C41H37N3. The molecule has 0 saturated heterocycles. The summed E-state index contributed by atoms with van der Waals surface area (Å²) in [5, 5.41) is 7.61. The fraction of sp³-hybridized carbons (Fsp3) is 0.220. The quantitative estimate of drug-likeness (QED) is 0.251. The minimum Gasteiger partial charge on any atom is -0.381 e. The van der Waals surface area contributed by atoms with Crippen LogP contribution < -0.4 is 15.5 Å². The number of hydrogen-bond donors (Lipinski definition) is 2. The molecule has 2 aliphatic carbocycles. The Labute approximate surface area is 260 Å². The van der Waals surface area contributed by atoms with Crippen molar-refractivity contribution >= 4 is 22.8 Å². The Balaban J connectivity index is 1.19. The van der Waals surface area contributed by atoms with Crippen molar-refractivity contribution in [3.05, 3.63) is 166 Å². The van der Waals surface area contributed by atoms with Crippen LogP contribution in [0.3, 0.4) is 0 Å². The van der Waals surface area contributed by atoms with Gasteiger partial charge < -0.3 is 15.5 Å². The molecule has 0 aromatic heterocycles. The SMILES string of the molecule is CC1(C)c2ccccc2C2C=CC=CC2c2cc3c(cc21)N(c1ccccc1C1Nc2ccccc2C2=C1C=CCN2)CC3. The number of nitrogens with one attached hydrogen (secondary N) is 2. The van der Waals surface area contributed by atoms with Crippen LogP contribution in [-0.2, 0) is 11.8 Å². The van der Waals surface area contributed by atoms with Crippen LogP contribution >= 0.6 is 0 Å². The summed E-state index contributed by atoms with van der Waals surface area (Å²) in [6.45, 7) is 6.70. The van der Waals surface area contributed by atoms with Crippen molar-refractivity contribution in [2.45, 2.75) is 43.6 Å². The number of hydrogen-bond acceptors (Lipinski definition) is 3. The molecule has 3 heteroatoms. The van der Waals surface area contributed by atoms with Gasteiger partial charge in [0.15, 0.2) is 0 Å². The Morgan fingerprint density at radius 1 is 0.750 bits per heavy atom. The monoisotopic (exact) mass is 571 g/mol. The maximum absolute atomic E-state index is 3.92. The highest BCUT2D eigenvalue weighted by molar-refractivity contribution is 5.86. The van der Waals surface area contributed by atoms with Crippen molar-refractivity contribution in [3.8, 4) is 0 Å². The van der Waals surface area contributed by atoms with Crippen LogP contribution in [0.2, 0.25) is 0 Å². The van der Waals surface area contributed by atoms with Gasteiger partial charge in [-0.05, 0) is 52.4 Å². The van der Waals surface area contributed by atoms with Crippen molar-refractivity contribution in [2.24, 2.45) is 0 Å². The first-order chi connectivity index (χ1) is 21.6. The first kappa shape index (κ1) is 25.7. The Morgan fingerprint density at radius 2 is 1.50 bits per heavy atom. The molecule has 3 heterocycles. The number of anilines is 3. The Hall–Kier alpha value is -4.76. The average molecular weight is 572 g/mol. The van der Waals surface area contributed by atoms with Crippen LogP contribution in [0.25, 0.3) is 5.70 Å². The summed E-state index contributed by atoms with van der Waals surface area (Å²) in [4.78, 5) is 2.59. The van der Waals surface area contributed by atoms with Crippen LogP contribution in [0, 0.1) is 0 Å². The predicted molar refractivity (Wildman–Crippen MR) is 183 cm³/mol.